The molecule has 1 aliphatic heterocycles. The number of nitrogens with one attached hydrogen (secondary N) is 1. The zero-order chi connectivity index (χ0) is 19.4. The Morgan fingerprint density at radius 2 is 1.70 bits per heavy atom. The van der Waals surface area contributed by atoms with Gasteiger partial charge in [0, 0.05) is 37.4 Å². The molecule has 27 heavy (non-hydrogen) atoms. The molecule has 0 spiro atoms. The highest BCUT2D eigenvalue weighted by Gasteiger charge is 2.19. The standard InChI is InChI=1S/C21H25N3O3/c1-3-23-10-12-24(13-11-23)17-8-9-19(18(14-17)21(26)27)22-20(25)16-6-4-15(2)5-7-16/h4-9,14H,3,10-13H2,1-2H3,(H,22,25)(H,26,27). The molecule has 142 valence electrons. The zero-order valence-corrected chi connectivity index (χ0v) is 15.7. The van der Waals surface area contributed by atoms with Crippen molar-refractivity contribution in [3.63, 3.8) is 0 Å². The average Bonchev–Trinajstić information content (AvgIpc) is 2.68. The van der Waals surface area contributed by atoms with E-state index >= 15 is 0 Å². The van der Waals surface area contributed by atoms with Crippen LogP contribution in [-0.2, 0) is 0 Å². The molecule has 2 aromatic rings. The Bertz CT molecular complexity index is 825. The van der Waals surface area contributed by atoms with E-state index in [1.807, 2.05) is 25.1 Å². The van der Waals surface area contributed by atoms with Crippen molar-refractivity contribution >= 4 is 23.3 Å². The quantitative estimate of drug-likeness (QED) is 0.850. The van der Waals surface area contributed by atoms with Crippen LogP contribution >= 0.6 is 0 Å². The van der Waals surface area contributed by atoms with Gasteiger partial charge in [0.15, 0.2) is 0 Å². The van der Waals surface area contributed by atoms with Crippen LogP contribution in [0, 0.1) is 6.92 Å². The molecule has 0 bridgehead atoms. The first-order chi connectivity index (χ1) is 13.0. The summed E-state index contributed by atoms with van der Waals surface area (Å²) in [6, 6.07) is 12.4. The Balaban J connectivity index is 1.79. The van der Waals surface area contributed by atoms with Gasteiger partial charge in [-0.3, -0.25) is 4.79 Å². The summed E-state index contributed by atoms with van der Waals surface area (Å²) in [6.07, 6.45) is 0. The number of aromatic carboxylic acids is 1. The van der Waals surface area contributed by atoms with Gasteiger partial charge in [0.05, 0.1) is 11.3 Å². The molecule has 2 aromatic carbocycles. The maximum Gasteiger partial charge on any atom is 0.337 e. The maximum atomic E-state index is 12.4. The summed E-state index contributed by atoms with van der Waals surface area (Å²) in [6.45, 7) is 8.77. The predicted molar refractivity (Wildman–Crippen MR) is 107 cm³/mol. The number of likely N-dealkylation sites (N-methyl/N-ethyl adjacent to an activating group) is 1. The Hall–Kier alpha value is -2.86. The van der Waals surface area contributed by atoms with Crippen LogP contribution in [0.5, 0.6) is 0 Å². The molecule has 0 saturated carbocycles. The highest BCUT2D eigenvalue weighted by atomic mass is 16.4. The van der Waals surface area contributed by atoms with Crippen LogP contribution in [0.2, 0.25) is 0 Å². The van der Waals surface area contributed by atoms with Crippen LogP contribution < -0.4 is 10.2 Å². The SMILES string of the molecule is CCN1CCN(c2ccc(NC(=O)c3ccc(C)cc3)c(C(=O)O)c2)CC1. The van der Waals surface area contributed by atoms with E-state index in [4.69, 9.17) is 0 Å². The first-order valence-electron chi connectivity index (χ1n) is 9.20. The minimum atomic E-state index is -1.05. The van der Waals surface area contributed by atoms with Crippen LogP contribution in [0.25, 0.3) is 0 Å². The third kappa shape index (κ3) is 4.46. The predicted octanol–water partition coefficient (Wildman–Crippen LogP) is 3.09. The number of amides is 1. The van der Waals surface area contributed by atoms with Crippen molar-refractivity contribution in [1.82, 2.24) is 4.90 Å². The third-order valence-corrected chi connectivity index (χ3v) is 4.98. The van der Waals surface area contributed by atoms with Gasteiger partial charge in [0.2, 0.25) is 0 Å². The average molecular weight is 367 g/mol. The molecule has 0 atom stereocenters. The van der Waals surface area contributed by atoms with E-state index in [2.05, 4.69) is 22.0 Å². The summed E-state index contributed by atoms with van der Waals surface area (Å²) < 4.78 is 0. The van der Waals surface area contributed by atoms with Crippen molar-refractivity contribution in [2.75, 3.05) is 42.9 Å². The smallest absolute Gasteiger partial charge is 0.337 e. The fraction of sp³-hybridized carbons (Fsp3) is 0.333. The Morgan fingerprint density at radius 1 is 1.04 bits per heavy atom. The summed E-state index contributed by atoms with van der Waals surface area (Å²) in [7, 11) is 0. The third-order valence-electron chi connectivity index (χ3n) is 4.98. The number of piperazine rings is 1. The first-order valence-corrected chi connectivity index (χ1v) is 9.20. The fourth-order valence-corrected chi connectivity index (χ4v) is 3.24. The molecule has 3 rings (SSSR count). The topological polar surface area (TPSA) is 72.9 Å². The first kappa shape index (κ1) is 18.9. The molecule has 1 fully saturated rings. The monoisotopic (exact) mass is 367 g/mol. The van der Waals surface area contributed by atoms with Gasteiger partial charge in [0.25, 0.3) is 5.91 Å². The number of hydrogen-bond donors (Lipinski definition) is 2. The number of aryl methyl sites for hydroxylation is 1. The van der Waals surface area contributed by atoms with Gasteiger partial charge in [-0.05, 0) is 43.8 Å². The molecule has 0 aromatic heterocycles. The summed E-state index contributed by atoms with van der Waals surface area (Å²) in [5.41, 5.74) is 2.84. The van der Waals surface area contributed by atoms with Crippen molar-refractivity contribution in [2.45, 2.75) is 13.8 Å². The van der Waals surface area contributed by atoms with Crippen LogP contribution in [0.3, 0.4) is 0 Å². The van der Waals surface area contributed by atoms with Crippen molar-refractivity contribution in [2.24, 2.45) is 0 Å². The molecule has 1 saturated heterocycles. The second-order valence-corrected chi connectivity index (χ2v) is 6.78. The molecule has 0 unspecified atom stereocenters. The van der Waals surface area contributed by atoms with E-state index < -0.39 is 5.97 Å². The molecule has 6 nitrogen and oxygen atoms in total. The molecule has 0 aliphatic carbocycles. The minimum absolute atomic E-state index is 0.103. The van der Waals surface area contributed by atoms with Crippen LogP contribution in [0.4, 0.5) is 11.4 Å². The lowest BCUT2D eigenvalue weighted by molar-refractivity contribution is 0.0698. The number of carboxylic acids is 1. The van der Waals surface area contributed by atoms with E-state index in [9.17, 15) is 14.7 Å². The number of carbonyl (C=O) groups is 2. The molecular weight excluding hydrogens is 342 g/mol. The number of rotatable bonds is 5. The van der Waals surface area contributed by atoms with Gasteiger partial charge in [-0.1, -0.05) is 24.6 Å². The molecule has 1 aliphatic rings. The van der Waals surface area contributed by atoms with E-state index in [1.54, 1.807) is 24.3 Å². The van der Waals surface area contributed by atoms with Gasteiger partial charge in [-0.15, -0.1) is 0 Å². The van der Waals surface area contributed by atoms with Crippen molar-refractivity contribution in [1.29, 1.82) is 0 Å². The second kappa shape index (κ2) is 8.22. The Labute approximate surface area is 159 Å². The Kier molecular flexibility index (Phi) is 5.76. The van der Waals surface area contributed by atoms with Gasteiger partial charge in [-0.2, -0.15) is 0 Å². The lowest BCUT2D eigenvalue weighted by atomic mass is 10.1. The molecular formula is C21H25N3O3. The highest BCUT2D eigenvalue weighted by molar-refractivity contribution is 6.08. The summed E-state index contributed by atoms with van der Waals surface area (Å²) in [5, 5.41) is 12.3. The number of carboxylic acid groups (broad SMARTS) is 1. The number of nitrogens with zero attached hydrogens (tertiary/aromatic N) is 2. The highest BCUT2D eigenvalue weighted by Crippen LogP contribution is 2.25. The van der Waals surface area contributed by atoms with Gasteiger partial charge < -0.3 is 20.2 Å². The number of anilines is 2. The van der Waals surface area contributed by atoms with Gasteiger partial charge in [-0.25, -0.2) is 4.79 Å². The molecule has 6 heteroatoms. The maximum absolute atomic E-state index is 12.4. The van der Waals surface area contributed by atoms with Crippen LogP contribution in [0.15, 0.2) is 42.5 Å². The Morgan fingerprint density at radius 3 is 2.30 bits per heavy atom. The molecule has 0 radical (unpaired) electrons. The zero-order valence-electron chi connectivity index (χ0n) is 15.7. The fourth-order valence-electron chi connectivity index (χ4n) is 3.24. The summed E-state index contributed by atoms with van der Waals surface area (Å²) in [5.74, 6) is -1.37. The van der Waals surface area contributed by atoms with E-state index in [0.29, 0.717) is 11.3 Å². The molecule has 1 amide bonds. The summed E-state index contributed by atoms with van der Waals surface area (Å²) in [4.78, 5) is 28.7. The molecule has 2 N–H and O–H groups in total. The molecule has 1 heterocycles. The number of hydrogen-bond acceptors (Lipinski definition) is 4. The van der Waals surface area contributed by atoms with Crippen LogP contribution in [-0.4, -0.2) is 54.6 Å². The lowest BCUT2D eigenvalue weighted by Gasteiger charge is -2.35. The van der Waals surface area contributed by atoms with Gasteiger partial charge in [0.1, 0.15) is 0 Å². The second-order valence-electron chi connectivity index (χ2n) is 6.78. The van der Waals surface area contributed by atoms with Crippen molar-refractivity contribution < 1.29 is 14.7 Å². The summed E-state index contributed by atoms with van der Waals surface area (Å²) >= 11 is 0. The van der Waals surface area contributed by atoms with E-state index in [-0.39, 0.29) is 11.5 Å². The lowest BCUT2D eigenvalue weighted by Crippen LogP contribution is -2.46. The van der Waals surface area contributed by atoms with E-state index in [0.717, 1.165) is 44.0 Å². The van der Waals surface area contributed by atoms with E-state index in [1.165, 1.54) is 0 Å². The van der Waals surface area contributed by atoms with Crippen molar-refractivity contribution in [3.8, 4) is 0 Å². The van der Waals surface area contributed by atoms with Gasteiger partial charge >= 0.3 is 5.97 Å². The largest absolute Gasteiger partial charge is 0.478 e. The minimum Gasteiger partial charge on any atom is -0.478 e. The normalized spacial score (nSPS) is 14.8. The van der Waals surface area contributed by atoms with Crippen LogP contribution in [0.1, 0.15) is 33.2 Å². The van der Waals surface area contributed by atoms with Crippen molar-refractivity contribution in [3.05, 3.63) is 59.2 Å². The number of carbonyl (C=O) groups excluding carboxylic acids is 1. The number of benzene rings is 2.